The molecule has 2 heterocycles. The highest BCUT2D eigenvalue weighted by atomic mass is 19.1. The zero-order chi connectivity index (χ0) is 17.9. The molecule has 0 bridgehead atoms. The van der Waals surface area contributed by atoms with Crippen LogP contribution in [0.1, 0.15) is 11.3 Å². The van der Waals surface area contributed by atoms with Crippen molar-refractivity contribution in [1.82, 2.24) is 19.7 Å². The van der Waals surface area contributed by atoms with E-state index in [1.165, 1.54) is 22.6 Å². The van der Waals surface area contributed by atoms with Gasteiger partial charge in [0.2, 0.25) is 0 Å². The Kier molecular flexibility index (Phi) is 4.31. The summed E-state index contributed by atoms with van der Waals surface area (Å²) in [5.74, 6) is 0.375. The molecule has 0 unspecified atom stereocenters. The smallest absolute Gasteiger partial charge is 0.168 e. The zero-order valence-electron chi connectivity index (χ0n) is 14.4. The number of aromatic nitrogens is 4. The monoisotopic (exact) mass is 347 g/mol. The van der Waals surface area contributed by atoms with E-state index in [2.05, 4.69) is 32.5 Å². The van der Waals surface area contributed by atoms with Crippen molar-refractivity contribution in [3.05, 3.63) is 78.0 Å². The van der Waals surface area contributed by atoms with Gasteiger partial charge in [-0.2, -0.15) is 5.10 Å². The molecule has 0 aliphatic carbocycles. The van der Waals surface area contributed by atoms with E-state index in [0.29, 0.717) is 17.2 Å². The lowest BCUT2D eigenvalue weighted by Gasteiger charge is -2.07. The largest absolute Gasteiger partial charge is 0.369 e. The van der Waals surface area contributed by atoms with Crippen LogP contribution in [0.25, 0.3) is 16.7 Å². The Morgan fingerprint density at radius 3 is 2.58 bits per heavy atom. The predicted molar refractivity (Wildman–Crippen MR) is 100.0 cm³/mol. The molecule has 130 valence electrons. The second kappa shape index (κ2) is 6.92. The van der Waals surface area contributed by atoms with Gasteiger partial charge in [0.1, 0.15) is 23.6 Å². The van der Waals surface area contributed by atoms with Crippen molar-refractivity contribution in [3.8, 4) is 5.69 Å². The van der Waals surface area contributed by atoms with E-state index in [0.717, 1.165) is 24.0 Å². The summed E-state index contributed by atoms with van der Waals surface area (Å²) >= 11 is 0. The maximum atomic E-state index is 14.2. The minimum absolute atomic E-state index is 0.339. The molecule has 0 saturated heterocycles. The first-order chi connectivity index (χ1) is 12.7. The van der Waals surface area contributed by atoms with Gasteiger partial charge in [0, 0.05) is 6.54 Å². The van der Waals surface area contributed by atoms with E-state index in [4.69, 9.17) is 0 Å². The molecule has 0 atom stereocenters. The van der Waals surface area contributed by atoms with E-state index < -0.39 is 0 Å². The van der Waals surface area contributed by atoms with Gasteiger partial charge in [0.25, 0.3) is 0 Å². The molecule has 0 radical (unpaired) electrons. The summed E-state index contributed by atoms with van der Waals surface area (Å²) in [4.78, 5) is 8.69. The number of nitrogens with zero attached hydrogens (tertiary/aromatic N) is 4. The second-order valence-corrected chi connectivity index (χ2v) is 6.03. The lowest BCUT2D eigenvalue weighted by molar-refractivity contribution is 0.612. The number of para-hydroxylation sites is 1. The minimum Gasteiger partial charge on any atom is -0.369 e. The highest BCUT2D eigenvalue weighted by Crippen LogP contribution is 2.26. The highest BCUT2D eigenvalue weighted by Gasteiger charge is 2.16. The summed E-state index contributed by atoms with van der Waals surface area (Å²) in [6.07, 6.45) is 2.36. The quantitative estimate of drug-likeness (QED) is 0.594. The molecular formula is C20H18FN5. The Hall–Kier alpha value is -3.28. The molecule has 0 fully saturated rings. The molecule has 0 amide bonds. The third-order valence-corrected chi connectivity index (χ3v) is 4.27. The summed E-state index contributed by atoms with van der Waals surface area (Å²) in [6.45, 7) is 2.62. The third kappa shape index (κ3) is 3.01. The van der Waals surface area contributed by atoms with E-state index >= 15 is 0 Å². The third-order valence-electron chi connectivity index (χ3n) is 4.27. The molecule has 0 aliphatic rings. The number of halogens is 1. The van der Waals surface area contributed by atoms with Crippen LogP contribution in [0.4, 0.5) is 10.2 Å². The Labute approximate surface area is 150 Å². The van der Waals surface area contributed by atoms with E-state index in [1.54, 1.807) is 18.2 Å². The van der Waals surface area contributed by atoms with Gasteiger partial charge >= 0.3 is 0 Å². The van der Waals surface area contributed by atoms with Crippen LogP contribution in [-0.4, -0.2) is 26.3 Å². The minimum atomic E-state index is -0.339. The molecule has 0 spiro atoms. The first kappa shape index (κ1) is 16.2. The molecule has 6 heteroatoms. The zero-order valence-corrected chi connectivity index (χ0v) is 14.4. The van der Waals surface area contributed by atoms with Gasteiger partial charge in [-0.05, 0) is 31.0 Å². The second-order valence-electron chi connectivity index (χ2n) is 6.03. The fourth-order valence-electron chi connectivity index (χ4n) is 3.01. The molecular weight excluding hydrogens is 329 g/mol. The number of fused-ring (bicyclic) bond motifs is 1. The summed E-state index contributed by atoms with van der Waals surface area (Å²) in [6, 6.07) is 16.8. The molecule has 2 aromatic carbocycles. The Bertz CT molecular complexity index is 1040. The molecule has 5 nitrogen and oxygen atoms in total. The van der Waals surface area contributed by atoms with Gasteiger partial charge in [0.15, 0.2) is 5.65 Å². The Morgan fingerprint density at radius 1 is 1.00 bits per heavy atom. The van der Waals surface area contributed by atoms with Gasteiger partial charge in [-0.25, -0.2) is 19.0 Å². The first-order valence-corrected chi connectivity index (χ1v) is 8.47. The summed E-state index contributed by atoms with van der Waals surface area (Å²) in [5, 5.41) is 8.65. The molecule has 0 saturated carbocycles. The fourth-order valence-corrected chi connectivity index (χ4v) is 3.01. The SMILES string of the molecule is Cc1nn(-c2ccccc2F)c2ncnc(NCCc3ccccc3)c12. The van der Waals surface area contributed by atoms with Crippen molar-refractivity contribution in [3.63, 3.8) is 0 Å². The number of benzene rings is 2. The molecule has 4 aromatic rings. The average Bonchev–Trinajstić information content (AvgIpc) is 3.00. The first-order valence-electron chi connectivity index (χ1n) is 8.47. The van der Waals surface area contributed by atoms with Crippen LogP contribution in [0.15, 0.2) is 60.9 Å². The van der Waals surface area contributed by atoms with E-state index in [1.807, 2.05) is 25.1 Å². The lowest BCUT2D eigenvalue weighted by atomic mass is 10.1. The fraction of sp³-hybridized carbons (Fsp3) is 0.150. The summed E-state index contributed by atoms with van der Waals surface area (Å²) < 4.78 is 15.7. The summed E-state index contributed by atoms with van der Waals surface area (Å²) in [5.41, 5.74) is 2.97. The summed E-state index contributed by atoms with van der Waals surface area (Å²) in [7, 11) is 0. The highest BCUT2D eigenvalue weighted by molar-refractivity contribution is 5.90. The van der Waals surface area contributed by atoms with Crippen LogP contribution in [0.5, 0.6) is 0 Å². The lowest BCUT2D eigenvalue weighted by Crippen LogP contribution is -2.07. The van der Waals surface area contributed by atoms with Crippen molar-refractivity contribution >= 4 is 16.9 Å². The van der Waals surface area contributed by atoms with Crippen molar-refractivity contribution in [2.45, 2.75) is 13.3 Å². The normalized spacial score (nSPS) is 11.0. The van der Waals surface area contributed by atoms with Crippen LogP contribution in [0.3, 0.4) is 0 Å². The van der Waals surface area contributed by atoms with Crippen molar-refractivity contribution in [2.24, 2.45) is 0 Å². The van der Waals surface area contributed by atoms with Crippen molar-refractivity contribution in [2.75, 3.05) is 11.9 Å². The van der Waals surface area contributed by atoms with Gasteiger partial charge in [0.05, 0.1) is 11.1 Å². The molecule has 26 heavy (non-hydrogen) atoms. The van der Waals surface area contributed by atoms with E-state index in [9.17, 15) is 4.39 Å². The number of rotatable bonds is 5. The van der Waals surface area contributed by atoms with Crippen molar-refractivity contribution < 1.29 is 4.39 Å². The standard InChI is InChI=1S/C20H18FN5/c1-14-18-19(22-12-11-15-7-3-2-4-8-15)23-13-24-20(18)26(25-14)17-10-6-5-9-16(17)21/h2-10,13H,11-12H2,1H3,(H,22,23,24). The van der Waals surface area contributed by atoms with Crippen LogP contribution in [-0.2, 0) is 6.42 Å². The molecule has 0 aliphatic heterocycles. The van der Waals surface area contributed by atoms with Gasteiger partial charge in [-0.15, -0.1) is 0 Å². The number of anilines is 1. The van der Waals surface area contributed by atoms with E-state index in [-0.39, 0.29) is 5.82 Å². The number of hydrogen-bond acceptors (Lipinski definition) is 4. The van der Waals surface area contributed by atoms with Gasteiger partial charge in [-0.1, -0.05) is 42.5 Å². The average molecular weight is 347 g/mol. The van der Waals surface area contributed by atoms with Crippen LogP contribution in [0.2, 0.25) is 0 Å². The number of hydrogen-bond donors (Lipinski definition) is 1. The molecule has 4 rings (SSSR count). The predicted octanol–water partition coefficient (Wildman–Crippen LogP) is 3.92. The van der Waals surface area contributed by atoms with Crippen LogP contribution >= 0.6 is 0 Å². The Balaban J connectivity index is 1.66. The Morgan fingerprint density at radius 2 is 1.77 bits per heavy atom. The van der Waals surface area contributed by atoms with Gasteiger partial charge < -0.3 is 5.32 Å². The molecule has 1 N–H and O–H groups in total. The molecule has 2 aromatic heterocycles. The van der Waals surface area contributed by atoms with Gasteiger partial charge in [-0.3, -0.25) is 0 Å². The number of nitrogens with one attached hydrogen (secondary N) is 1. The topological polar surface area (TPSA) is 55.6 Å². The maximum Gasteiger partial charge on any atom is 0.168 e. The van der Waals surface area contributed by atoms with Crippen LogP contribution < -0.4 is 5.32 Å². The maximum absolute atomic E-state index is 14.2. The number of aryl methyl sites for hydroxylation is 1. The van der Waals surface area contributed by atoms with Crippen LogP contribution in [0, 0.1) is 12.7 Å². The van der Waals surface area contributed by atoms with Crippen molar-refractivity contribution in [1.29, 1.82) is 0 Å².